The second-order valence-corrected chi connectivity index (χ2v) is 5.57. The Labute approximate surface area is 114 Å². The maximum Gasteiger partial charge on any atom is 0.345 e. The number of aromatic carboxylic acids is 1. The number of ether oxygens (including phenoxy) is 1. The molecule has 0 amide bonds. The largest absolute Gasteiger partial charge is 0.477 e. The van der Waals surface area contributed by atoms with Crippen LogP contribution in [-0.2, 0) is 24.5 Å². The van der Waals surface area contributed by atoms with Crippen LogP contribution in [0.25, 0.3) is 0 Å². The summed E-state index contributed by atoms with van der Waals surface area (Å²) in [6.45, 7) is 2.01. The zero-order chi connectivity index (χ0) is 13.2. The molecular formula is C14H13NO3S. The third-order valence-corrected chi connectivity index (χ3v) is 4.13. The molecule has 2 aromatic rings. The zero-order valence-corrected chi connectivity index (χ0v) is 11.0. The van der Waals surface area contributed by atoms with Gasteiger partial charge in [0.25, 0.3) is 0 Å². The number of rotatable bonds is 4. The molecule has 3 rings (SSSR count). The standard InChI is InChI=1S/C14H13NO3S/c16-14(17)13-4-3-12(19-13)6-15-11-2-1-9-7-18-8-10(9)5-11/h1-5,15H,6-8H2,(H,16,17). The first-order valence-electron chi connectivity index (χ1n) is 5.98. The monoisotopic (exact) mass is 275 g/mol. The first-order chi connectivity index (χ1) is 9.22. The molecule has 2 N–H and O–H groups in total. The molecule has 1 aliphatic heterocycles. The van der Waals surface area contributed by atoms with Crippen molar-refractivity contribution in [1.82, 2.24) is 0 Å². The van der Waals surface area contributed by atoms with E-state index in [1.54, 1.807) is 6.07 Å². The van der Waals surface area contributed by atoms with Crippen molar-refractivity contribution in [3.05, 3.63) is 51.2 Å². The Morgan fingerprint density at radius 3 is 2.89 bits per heavy atom. The molecule has 0 atom stereocenters. The van der Waals surface area contributed by atoms with Crippen molar-refractivity contribution in [3.63, 3.8) is 0 Å². The number of hydrogen-bond acceptors (Lipinski definition) is 4. The van der Waals surface area contributed by atoms with Crippen LogP contribution < -0.4 is 5.32 Å². The molecule has 0 spiro atoms. The molecular weight excluding hydrogens is 262 g/mol. The fourth-order valence-electron chi connectivity index (χ4n) is 2.06. The Hall–Kier alpha value is -1.85. The van der Waals surface area contributed by atoms with Gasteiger partial charge >= 0.3 is 5.97 Å². The fourth-order valence-corrected chi connectivity index (χ4v) is 2.85. The number of carboxylic acids is 1. The number of fused-ring (bicyclic) bond motifs is 1. The van der Waals surface area contributed by atoms with Crippen LogP contribution in [-0.4, -0.2) is 11.1 Å². The van der Waals surface area contributed by atoms with E-state index in [0.717, 1.165) is 10.6 Å². The van der Waals surface area contributed by atoms with E-state index in [4.69, 9.17) is 9.84 Å². The highest BCUT2D eigenvalue weighted by Crippen LogP contribution is 2.24. The summed E-state index contributed by atoms with van der Waals surface area (Å²) in [7, 11) is 0. The molecule has 0 unspecified atom stereocenters. The van der Waals surface area contributed by atoms with Crippen molar-refractivity contribution >= 4 is 23.0 Å². The van der Waals surface area contributed by atoms with Gasteiger partial charge in [0.2, 0.25) is 0 Å². The third kappa shape index (κ3) is 2.62. The summed E-state index contributed by atoms with van der Waals surface area (Å²) in [6, 6.07) is 9.67. The molecule has 0 bridgehead atoms. The summed E-state index contributed by atoms with van der Waals surface area (Å²) < 4.78 is 5.37. The van der Waals surface area contributed by atoms with E-state index >= 15 is 0 Å². The van der Waals surface area contributed by atoms with Crippen LogP contribution in [0.2, 0.25) is 0 Å². The maximum atomic E-state index is 10.8. The van der Waals surface area contributed by atoms with E-state index in [9.17, 15) is 4.79 Å². The number of anilines is 1. The van der Waals surface area contributed by atoms with Crippen LogP contribution in [0.15, 0.2) is 30.3 Å². The highest BCUT2D eigenvalue weighted by atomic mass is 32.1. The second kappa shape index (κ2) is 5.03. The summed E-state index contributed by atoms with van der Waals surface area (Å²) in [5, 5.41) is 12.2. The van der Waals surface area contributed by atoms with Gasteiger partial charge in [-0.25, -0.2) is 4.79 Å². The Morgan fingerprint density at radius 1 is 1.26 bits per heavy atom. The van der Waals surface area contributed by atoms with Gasteiger partial charge in [0.05, 0.1) is 13.2 Å². The van der Waals surface area contributed by atoms with E-state index in [1.807, 2.05) is 12.1 Å². The van der Waals surface area contributed by atoms with Crippen molar-refractivity contribution in [3.8, 4) is 0 Å². The van der Waals surface area contributed by atoms with E-state index in [1.165, 1.54) is 22.5 Å². The van der Waals surface area contributed by atoms with Crippen LogP contribution >= 0.6 is 11.3 Å². The van der Waals surface area contributed by atoms with Gasteiger partial charge in [-0.3, -0.25) is 0 Å². The van der Waals surface area contributed by atoms with Crippen molar-refractivity contribution < 1.29 is 14.6 Å². The van der Waals surface area contributed by atoms with Crippen molar-refractivity contribution in [2.75, 3.05) is 5.32 Å². The molecule has 0 saturated carbocycles. The number of carbonyl (C=O) groups is 1. The second-order valence-electron chi connectivity index (χ2n) is 4.40. The summed E-state index contributed by atoms with van der Waals surface area (Å²) in [5.74, 6) is -0.870. The molecule has 5 heteroatoms. The van der Waals surface area contributed by atoms with Crippen LogP contribution in [0.3, 0.4) is 0 Å². The minimum atomic E-state index is -0.870. The Morgan fingerprint density at radius 2 is 2.11 bits per heavy atom. The van der Waals surface area contributed by atoms with Gasteiger partial charge in [0, 0.05) is 17.1 Å². The van der Waals surface area contributed by atoms with E-state index in [0.29, 0.717) is 24.6 Å². The SMILES string of the molecule is O=C(O)c1ccc(CNc2ccc3c(c2)COC3)s1. The van der Waals surface area contributed by atoms with Gasteiger partial charge in [-0.2, -0.15) is 0 Å². The highest BCUT2D eigenvalue weighted by Gasteiger charge is 2.11. The lowest BCUT2D eigenvalue weighted by atomic mass is 10.1. The molecule has 0 saturated heterocycles. The van der Waals surface area contributed by atoms with Gasteiger partial charge in [-0.1, -0.05) is 6.07 Å². The quantitative estimate of drug-likeness (QED) is 0.900. The van der Waals surface area contributed by atoms with E-state index in [2.05, 4.69) is 17.4 Å². The third-order valence-electron chi connectivity index (χ3n) is 3.06. The van der Waals surface area contributed by atoms with Gasteiger partial charge in [-0.05, 0) is 35.4 Å². The van der Waals surface area contributed by atoms with Gasteiger partial charge < -0.3 is 15.2 Å². The molecule has 1 aromatic heterocycles. The van der Waals surface area contributed by atoms with E-state index < -0.39 is 5.97 Å². The number of nitrogens with one attached hydrogen (secondary N) is 1. The molecule has 19 heavy (non-hydrogen) atoms. The van der Waals surface area contributed by atoms with Crippen LogP contribution in [0.1, 0.15) is 25.7 Å². The van der Waals surface area contributed by atoms with Crippen LogP contribution in [0, 0.1) is 0 Å². The average Bonchev–Trinajstić information content (AvgIpc) is 3.04. The fraction of sp³-hybridized carbons (Fsp3) is 0.214. The first-order valence-corrected chi connectivity index (χ1v) is 6.79. The zero-order valence-electron chi connectivity index (χ0n) is 10.2. The molecule has 4 nitrogen and oxygen atoms in total. The van der Waals surface area contributed by atoms with Crippen molar-refractivity contribution in [1.29, 1.82) is 0 Å². The molecule has 0 fully saturated rings. The lowest BCUT2D eigenvalue weighted by molar-refractivity contribution is 0.0702. The molecule has 1 aliphatic rings. The van der Waals surface area contributed by atoms with Crippen molar-refractivity contribution in [2.45, 2.75) is 19.8 Å². The van der Waals surface area contributed by atoms with Gasteiger partial charge in [0.1, 0.15) is 4.88 Å². The Balaban J connectivity index is 1.67. The predicted molar refractivity (Wildman–Crippen MR) is 73.5 cm³/mol. The lowest BCUT2D eigenvalue weighted by Gasteiger charge is -2.06. The molecule has 0 radical (unpaired) electrons. The smallest absolute Gasteiger partial charge is 0.345 e. The highest BCUT2D eigenvalue weighted by molar-refractivity contribution is 7.13. The minimum Gasteiger partial charge on any atom is -0.477 e. The number of benzene rings is 1. The number of hydrogen-bond donors (Lipinski definition) is 2. The number of carboxylic acid groups (broad SMARTS) is 1. The maximum absolute atomic E-state index is 10.8. The van der Waals surface area contributed by atoms with Crippen molar-refractivity contribution in [2.24, 2.45) is 0 Å². The lowest BCUT2D eigenvalue weighted by Crippen LogP contribution is -1.98. The molecule has 1 aromatic carbocycles. The Bertz CT molecular complexity index is 621. The molecule has 98 valence electrons. The van der Waals surface area contributed by atoms with Crippen LogP contribution in [0.4, 0.5) is 5.69 Å². The summed E-state index contributed by atoms with van der Waals surface area (Å²) in [5.41, 5.74) is 3.51. The van der Waals surface area contributed by atoms with Crippen LogP contribution in [0.5, 0.6) is 0 Å². The van der Waals surface area contributed by atoms with Gasteiger partial charge in [0.15, 0.2) is 0 Å². The summed E-state index contributed by atoms with van der Waals surface area (Å²) >= 11 is 1.30. The summed E-state index contributed by atoms with van der Waals surface area (Å²) in [6.07, 6.45) is 0. The molecule has 2 heterocycles. The van der Waals surface area contributed by atoms with Gasteiger partial charge in [-0.15, -0.1) is 11.3 Å². The first kappa shape index (κ1) is 12.2. The average molecular weight is 275 g/mol. The molecule has 0 aliphatic carbocycles. The Kier molecular flexibility index (Phi) is 3.23. The van der Waals surface area contributed by atoms with E-state index in [-0.39, 0.29) is 0 Å². The predicted octanol–water partition coefficient (Wildman–Crippen LogP) is 3.09. The minimum absolute atomic E-state index is 0.374. The number of thiophene rings is 1. The topological polar surface area (TPSA) is 58.6 Å². The summed E-state index contributed by atoms with van der Waals surface area (Å²) in [4.78, 5) is 12.2. The normalized spacial score (nSPS) is 13.3.